The number of benzene rings is 2. The van der Waals surface area contributed by atoms with Gasteiger partial charge in [0.05, 0.1) is 22.8 Å². The molecule has 2 amide bonds. The third-order valence-electron chi connectivity index (χ3n) is 4.01. The number of halogens is 1. The maximum atomic E-state index is 12.5. The predicted molar refractivity (Wildman–Crippen MR) is 113 cm³/mol. The summed E-state index contributed by atoms with van der Waals surface area (Å²) in [6.45, 7) is 6.59. The minimum absolute atomic E-state index is 0.0371. The van der Waals surface area contributed by atoms with E-state index in [1.807, 2.05) is 20.8 Å². The maximum absolute atomic E-state index is 12.5. The SMILES string of the molecule is CC(C)(C)NC(=O)c1ccccc1NCC(=O)Nc1cc2c(cc1Cl)OCCO2. The summed E-state index contributed by atoms with van der Waals surface area (Å²) in [5.41, 5.74) is 1.10. The van der Waals surface area contributed by atoms with Gasteiger partial charge in [0.25, 0.3) is 5.91 Å². The van der Waals surface area contributed by atoms with Crippen LogP contribution in [0.25, 0.3) is 0 Å². The summed E-state index contributed by atoms with van der Waals surface area (Å²) in [6.07, 6.45) is 0. The number of hydrogen-bond acceptors (Lipinski definition) is 5. The van der Waals surface area contributed by atoms with Crippen molar-refractivity contribution < 1.29 is 19.1 Å². The number of carbonyl (C=O) groups excluding carboxylic acids is 2. The highest BCUT2D eigenvalue weighted by Crippen LogP contribution is 2.37. The van der Waals surface area contributed by atoms with E-state index in [9.17, 15) is 9.59 Å². The molecule has 8 heteroatoms. The fourth-order valence-corrected chi connectivity index (χ4v) is 2.97. The van der Waals surface area contributed by atoms with Gasteiger partial charge in [-0.1, -0.05) is 23.7 Å². The zero-order chi connectivity index (χ0) is 21.0. The molecule has 154 valence electrons. The second-order valence-electron chi connectivity index (χ2n) is 7.63. The molecule has 0 saturated heterocycles. The number of amides is 2. The van der Waals surface area contributed by atoms with E-state index in [2.05, 4.69) is 16.0 Å². The van der Waals surface area contributed by atoms with Crippen molar-refractivity contribution in [1.29, 1.82) is 0 Å². The van der Waals surface area contributed by atoms with E-state index in [0.717, 1.165) is 0 Å². The number of hydrogen-bond donors (Lipinski definition) is 3. The lowest BCUT2D eigenvalue weighted by atomic mass is 10.1. The number of carbonyl (C=O) groups is 2. The highest BCUT2D eigenvalue weighted by atomic mass is 35.5. The molecule has 2 aromatic carbocycles. The van der Waals surface area contributed by atoms with Crippen LogP contribution >= 0.6 is 11.6 Å². The maximum Gasteiger partial charge on any atom is 0.253 e. The highest BCUT2D eigenvalue weighted by molar-refractivity contribution is 6.34. The fraction of sp³-hybridized carbons (Fsp3) is 0.333. The van der Waals surface area contributed by atoms with Gasteiger partial charge in [0.1, 0.15) is 13.2 Å². The summed E-state index contributed by atoms with van der Waals surface area (Å²) in [6, 6.07) is 10.3. The fourth-order valence-electron chi connectivity index (χ4n) is 2.77. The summed E-state index contributed by atoms with van der Waals surface area (Å²) in [5.74, 6) is 0.565. The molecule has 2 aromatic rings. The summed E-state index contributed by atoms with van der Waals surface area (Å²) < 4.78 is 11.0. The lowest BCUT2D eigenvalue weighted by molar-refractivity contribution is -0.114. The zero-order valence-corrected chi connectivity index (χ0v) is 17.4. The molecule has 3 rings (SSSR count). The molecule has 0 bridgehead atoms. The van der Waals surface area contributed by atoms with Gasteiger partial charge in [-0.3, -0.25) is 9.59 Å². The van der Waals surface area contributed by atoms with Crippen LogP contribution in [0.15, 0.2) is 36.4 Å². The Kier molecular flexibility index (Phi) is 6.17. The average molecular weight is 418 g/mol. The Bertz CT molecular complexity index is 925. The number of anilines is 2. The minimum Gasteiger partial charge on any atom is -0.486 e. The lowest BCUT2D eigenvalue weighted by Crippen LogP contribution is -2.40. The molecule has 0 aromatic heterocycles. The zero-order valence-electron chi connectivity index (χ0n) is 16.6. The molecule has 1 heterocycles. The van der Waals surface area contributed by atoms with Crippen molar-refractivity contribution in [1.82, 2.24) is 5.32 Å². The van der Waals surface area contributed by atoms with Crippen LogP contribution in [-0.2, 0) is 4.79 Å². The van der Waals surface area contributed by atoms with Crippen LogP contribution in [0.5, 0.6) is 11.5 Å². The van der Waals surface area contributed by atoms with Crippen molar-refractivity contribution in [3.63, 3.8) is 0 Å². The summed E-state index contributed by atoms with van der Waals surface area (Å²) in [4.78, 5) is 24.9. The number of nitrogens with one attached hydrogen (secondary N) is 3. The molecule has 0 atom stereocenters. The van der Waals surface area contributed by atoms with Crippen molar-refractivity contribution >= 4 is 34.8 Å². The van der Waals surface area contributed by atoms with Crippen LogP contribution in [0.3, 0.4) is 0 Å². The Hall–Kier alpha value is -2.93. The molecule has 29 heavy (non-hydrogen) atoms. The standard InChI is InChI=1S/C21H24ClN3O4/c1-21(2,3)25-20(27)13-6-4-5-7-15(13)23-12-19(26)24-16-11-18-17(10-14(16)22)28-8-9-29-18/h4-7,10-11,23H,8-9,12H2,1-3H3,(H,24,26)(H,25,27). The van der Waals surface area contributed by atoms with E-state index in [0.29, 0.717) is 46.7 Å². The van der Waals surface area contributed by atoms with Gasteiger partial charge in [-0.05, 0) is 32.9 Å². The molecule has 3 N–H and O–H groups in total. The molecular formula is C21H24ClN3O4. The first kappa shape index (κ1) is 20.8. The molecule has 1 aliphatic heterocycles. The van der Waals surface area contributed by atoms with Crippen LogP contribution in [-0.4, -0.2) is 37.1 Å². The van der Waals surface area contributed by atoms with Gasteiger partial charge in [-0.2, -0.15) is 0 Å². The molecule has 0 radical (unpaired) electrons. The molecule has 0 unspecified atom stereocenters. The first-order valence-corrected chi connectivity index (χ1v) is 9.65. The van der Waals surface area contributed by atoms with Gasteiger partial charge in [0, 0.05) is 23.4 Å². The van der Waals surface area contributed by atoms with E-state index in [-0.39, 0.29) is 23.9 Å². The highest BCUT2D eigenvalue weighted by Gasteiger charge is 2.19. The number of ether oxygens (including phenoxy) is 2. The first-order chi connectivity index (χ1) is 13.7. The van der Waals surface area contributed by atoms with Crippen LogP contribution < -0.4 is 25.4 Å². The van der Waals surface area contributed by atoms with Crippen molar-refractivity contribution in [3.8, 4) is 11.5 Å². The monoisotopic (exact) mass is 417 g/mol. The van der Waals surface area contributed by atoms with E-state index in [4.69, 9.17) is 21.1 Å². The van der Waals surface area contributed by atoms with Crippen molar-refractivity contribution in [2.75, 3.05) is 30.4 Å². The van der Waals surface area contributed by atoms with Crippen molar-refractivity contribution in [2.24, 2.45) is 0 Å². The quantitative estimate of drug-likeness (QED) is 0.690. The van der Waals surface area contributed by atoms with E-state index >= 15 is 0 Å². The Morgan fingerprint density at radius 3 is 2.38 bits per heavy atom. The lowest BCUT2D eigenvalue weighted by Gasteiger charge is -2.22. The van der Waals surface area contributed by atoms with E-state index in [1.165, 1.54) is 0 Å². The van der Waals surface area contributed by atoms with Gasteiger partial charge in [0.2, 0.25) is 5.91 Å². The molecule has 0 aliphatic carbocycles. The normalized spacial score (nSPS) is 12.8. The molecule has 7 nitrogen and oxygen atoms in total. The van der Waals surface area contributed by atoms with E-state index in [1.54, 1.807) is 36.4 Å². The van der Waals surface area contributed by atoms with Gasteiger partial charge in [-0.15, -0.1) is 0 Å². The topological polar surface area (TPSA) is 88.7 Å². The smallest absolute Gasteiger partial charge is 0.253 e. The molecule has 0 fully saturated rings. The summed E-state index contributed by atoms with van der Waals surface area (Å²) >= 11 is 6.23. The Morgan fingerprint density at radius 2 is 1.69 bits per heavy atom. The summed E-state index contributed by atoms with van der Waals surface area (Å²) in [7, 11) is 0. The second-order valence-corrected chi connectivity index (χ2v) is 8.03. The van der Waals surface area contributed by atoms with Gasteiger partial charge < -0.3 is 25.4 Å². The Labute approximate surface area is 174 Å². The second kappa shape index (κ2) is 8.61. The number of rotatable bonds is 5. The number of para-hydroxylation sites is 1. The van der Waals surface area contributed by atoms with Gasteiger partial charge in [0.15, 0.2) is 11.5 Å². The van der Waals surface area contributed by atoms with Gasteiger partial charge in [-0.25, -0.2) is 0 Å². The summed E-state index contributed by atoms with van der Waals surface area (Å²) in [5, 5.41) is 9.03. The van der Waals surface area contributed by atoms with Crippen molar-refractivity contribution in [2.45, 2.75) is 26.3 Å². The van der Waals surface area contributed by atoms with Crippen LogP contribution in [0.2, 0.25) is 5.02 Å². The van der Waals surface area contributed by atoms with E-state index < -0.39 is 0 Å². The molecule has 0 spiro atoms. The van der Waals surface area contributed by atoms with Crippen LogP contribution in [0, 0.1) is 0 Å². The largest absolute Gasteiger partial charge is 0.486 e. The van der Waals surface area contributed by atoms with Crippen LogP contribution in [0.4, 0.5) is 11.4 Å². The average Bonchev–Trinajstić information content (AvgIpc) is 2.66. The van der Waals surface area contributed by atoms with Crippen molar-refractivity contribution in [3.05, 3.63) is 47.0 Å². The molecular weight excluding hydrogens is 394 g/mol. The predicted octanol–water partition coefficient (Wildman–Crippen LogP) is 3.69. The molecule has 1 aliphatic rings. The third-order valence-corrected chi connectivity index (χ3v) is 4.32. The Balaban J connectivity index is 1.65. The van der Waals surface area contributed by atoms with Gasteiger partial charge >= 0.3 is 0 Å². The first-order valence-electron chi connectivity index (χ1n) is 9.27. The Morgan fingerprint density at radius 1 is 1.03 bits per heavy atom. The van der Waals surface area contributed by atoms with Crippen LogP contribution in [0.1, 0.15) is 31.1 Å². The third kappa shape index (κ3) is 5.54. The number of fused-ring (bicyclic) bond motifs is 1. The molecule has 0 saturated carbocycles. The minimum atomic E-state index is -0.365.